The predicted molar refractivity (Wildman–Crippen MR) is 148 cm³/mol. The summed E-state index contributed by atoms with van der Waals surface area (Å²) in [4.78, 5) is 21.6. The molecule has 1 atom stereocenters. The lowest BCUT2D eigenvalue weighted by atomic mass is 9.98. The first-order valence-electron chi connectivity index (χ1n) is 13.2. The summed E-state index contributed by atoms with van der Waals surface area (Å²) in [7, 11) is 0. The molecule has 37 heavy (non-hydrogen) atoms. The normalized spacial score (nSPS) is 15.9. The van der Waals surface area contributed by atoms with Crippen molar-refractivity contribution >= 4 is 16.6 Å². The monoisotopic (exact) mass is 499 g/mol. The number of benzene rings is 2. The highest BCUT2D eigenvalue weighted by Gasteiger charge is 2.36. The minimum absolute atomic E-state index is 0.0902. The third-order valence-electron chi connectivity index (χ3n) is 8.18. The molecule has 3 heterocycles. The first-order valence-corrected chi connectivity index (χ1v) is 13.2. The lowest BCUT2D eigenvalue weighted by molar-refractivity contribution is 0.186. The van der Waals surface area contributed by atoms with Crippen molar-refractivity contribution in [1.29, 1.82) is 0 Å². The van der Waals surface area contributed by atoms with E-state index < -0.39 is 0 Å². The highest BCUT2D eigenvalue weighted by atomic mass is 16.1. The van der Waals surface area contributed by atoms with Crippen LogP contribution in [0.25, 0.3) is 10.9 Å². The molecular formula is C29H37N7O. The van der Waals surface area contributed by atoms with Gasteiger partial charge in [-0.15, -0.1) is 5.10 Å². The molecule has 2 aromatic heterocycles. The van der Waals surface area contributed by atoms with Crippen LogP contribution >= 0.6 is 0 Å². The number of hydrogen-bond donors (Lipinski definition) is 1. The Bertz CT molecular complexity index is 1480. The van der Waals surface area contributed by atoms with Gasteiger partial charge in [-0.1, -0.05) is 37.3 Å². The zero-order chi connectivity index (χ0) is 26.3. The maximum atomic E-state index is 13.6. The smallest absolute Gasteiger partial charge is 0.253 e. The van der Waals surface area contributed by atoms with E-state index in [9.17, 15) is 4.79 Å². The Morgan fingerprint density at radius 2 is 1.70 bits per heavy atom. The Balaban J connectivity index is 1.57. The van der Waals surface area contributed by atoms with Crippen LogP contribution in [0, 0.1) is 20.8 Å². The van der Waals surface area contributed by atoms with E-state index in [0.29, 0.717) is 11.4 Å². The van der Waals surface area contributed by atoms with Gasteiger partial charge in [0.2, 0.25) is 0 Å². The van der Waals surface area contributed by atoms with Crippen LogP contribution in [0.2, 0.25) is 0 Å². The summed E-state index contributed by atoms with van der Waals surface area (Å²) in [5.74, 6) is 0.713. The predicted octanol–water partition coefficient (Wildman–Crippen LogP) is 4.50. The average molecular weight is 500 g/mol. The third kappa shape index (κ3) is 4.55. The number of rotatable bonds is 6. The molecule has 1 aliphatic rings. The molecule has 0 spiro atoms. The number of nitrogens with one attached hydrogen (secondary N) is 1. The first kappa shape index (κ1) is 25.1. The summed E-state index contributed by atoms with van der Waals surface area (Å²) in [6.45, 7) is 16.1. The fraction of sp³-hybridized carbons (Fsp3) is 0.448. The summed E-state index contributed by atoms with van der Waals surface area (Å²) in [6.07, 6.45) is 0.867. The van der Waals surface area contributed by atoms with Crippen molar-refractivity contribution in [2.75, 3.05) is 31.1 Å². The van der Waals surface area contributed by atoms with Gasteiger partial charge in [0.25, 0.3) is 5.56 Å². The second-order valence-corrected chi connectivity index (χ2v) is 10.9. The van der Waals surface area contributed by atoms with Crippen LogP contribution in [0.5, 0.6) is 0 Å². The summed E-state index contributed by atoms with van der Waals surface area (Å²) in [6, 6.07) is 14.3. The molecule has 4 aromatic rings. The van der Waals surface area contributed by atoms with Gasteiger partial charge >= 0.3 is 0 Å². The van der Waals surface area contributed by atoms with Gasteiger partial charge in [0.15, 0.2) is 5.82 Å². The Labute approximate surface area is 218 Å². The van der Waals surface area contributed by atoms with E-state index in [1.807, 2.05) is 29.8 Å². The molecule has 194 valence electrons. The number of aryl methyl sites for hydroxylation is 2. The zero-order valence-electron chi connectivity index (χ0n) is 22.7. The second kappa shape index (κ2) is 9.74. The van der Waals surface area contributed by atoms with Crippen molar-refractivity contribution < 1.29 is 0 Å². The fourth-order valence-corrected chi connectivity index (χ4v) is 5.35. The molecule has 0 amide bonds. The van der Waals surface area contributed by atoms with E-state index in [1.54, 1.807) is 0 Å². The molecule has 0 saturated carbocycles. The first-order chi connectivity index (χ1) is 17.7. The number of fused-ring (bicyclic) bond motifs is 1. The standard InChI is InChI=1S/C29H37N7O/c1-7-29(5,6)36-27(31-32-33-36)26(23-18-22-12-8-11-20(3)25(22)30-28(23)37)35-16-14-34(15-17-35)24-13-9-10-19(2)21(24)4/h8-13,18,26H,7,14-17H2,1-6H3,(H,30,37)/t26-/m1/s1. The van der Waals surface area contributed by atoms with Gasteiger partial charge in [-0.3, -0.25) is 9.69 Å². The van der Waals surface area contributed by atoms with Crippen molar-refractivity contribution in [2.45, 2.75) is 59.5 Å². The molecule has 1 saturated heterocycles. The van der Waals surface area contributed by atoms with Gasteiger partial charge in [0.1, 0.15) is 6.04 Å². The molecular weight excluding hydrogens is 462 g/mol. The summed E-state index contributed by atoms with van der Waals surface area (Å²) < 4.78 is 1.91. The lowest BCUT2D eigenvalue weighted by Crippen LogP contribution is -2.49. The minimum Gasteiger partial charge on any atom is -0.369 e. The second-order valence-electron chi connectivity index (χ2n) is 10.9. The van der Waals surface area contributed by atoms with Crippen LogP contribution in [-0.2, 0) is 5.54 Å². The maximum absolute atomic E-state index is 13.6. The average Bonchev–Trinajstić information content (AvgIpc) is 3.38. The molecule has 2 aromatic carbocycles. The topological polar surface area (TPSA) is 82.9 Å². The van der Waals surface area contributed by atoms with Gasteiger partial charge in [0, 0.05) is 37.4 Å². The van der Waals surface area contributed by atoms with E-state index in [-0.39, 0.29) is 17.1 Å². The number of para-hydroxylation sites is 1. The Kier molecular flexibility index (Phi) is 6.62. The van der Waals surface area contributed by atoms with E-state index in [0.717, 1.165) is 49.1 Å². The van der Waals surface area contributed by atoms with Crippen molar-refractivity contribution in [3.63, 3.8) is 0 Å². The summed E-state index contributed by atoms with van der Waals surface area (Å²) in [5.41, 5.74) is 6.15. The van der Waals surface area contributed by atoms with Crippen LogP contribution in [0.4, 0.5) is 5.69 Å². The number of aromatic nitrogens is 5. The van der Waals surface area contributed by atoms with Crippen LogP contribution < -0.4 is 10.5 Å². The van der Waals surface area contributed by atoms with Crippen molar-refractivity contribution in [2.24, 2.45) is 0 Å². The van der Waals surface area contributed by atoms with Crippen LogP contribution in [0.3, 0.4) is 0 Å². The number of piperazine rings is 1. The van der Waals surface area contributed by atoms with Crippen molar-refractivity contribution in [3.05, 3.63) is 80.9 Å². The molecule has 0 unspecified atom stereocenters. The quantitative estimate of drug-likeness (QED) is 0.421. The molecule has 0 bridgehead atoms. The molecule has 1 N–H and O–H groups in total. The van der Waals surface area contributed by atoms with Gasteiger partial charge in [-0.05, 0) is 85.7 Å². The molecule has 8 nitrogen and oxygen atoms in total. The number of tetrazole rings is 1. The number of anilines is 1. The molecule has 1 fully saturated rings. The molecule has 8 heteroatoms. The summed E-state index contributed by atoms with van der Waals surface area (Å²) >= 11 is 0. The van der Waals surface area contributed by atoms with E-state index in [4.69, 9.17) is 0 Å². The summed E-state index contributed by atoms with van der Waals surface area (Å²) in [5, 5.41) is 14.0. The van der Waals surface area contributed by atoms with E-state index >= 15 is 0 Å². The SMILES string of the molecule is CCC(C)(C)n1nnnc1[C@@H](c1cc2cccc(C)c2[nH]c1=O)N1CCN(c2cccc(C)c2C)CC1. The van der Waals surface area contributed by atoms with Gasteiger partial charge < -0.3 is 9.88 Å². The van der Waals surface area contributed by atoms with Gasteiger partial charge in [-0.2, -0.15) is 0 Å². The van der Waals surface area contributed by atoms with Gasteiger partial charge in [-0.25, -0.2) is 4.68 Å². The molecule has 5 rings (SSSR count). The zero-order valence-corrected chi connectivity index (χ0v) is 22.7. The van der Waals surface area contributed by atoms with Crippen LogP contribution in [0.15, 0.2) is 47.3 Å². The van der Waals surface area contributed by atoms with Gasteiger partial charge in [0.05, 0.1) is 11.1 Å². The Hall–Kier alpha value is -3.52. The number of pyridine rings is 1. The Morgan fingerprint density at radius 1 is 1.00 bits per heavy atom. The lowest BCUT2D eigenvalue weighted by Gasteiger charge is -2.40. The van der Waals surface area contributed by atoms with E-state index in [2.05, 4.69) is 89.2 Å². The van der Waals surface area contributed by atoms with Crippen LogP contribution in [-0.4, -0.2) is 56.3 Å². The van der Waals surface area contributed by atoms with Crippen molar-refractivity contribution in [1.82, 2.24) is 30.1 Å². The van der Waals surface area contributed by atoms with Crippen LogP contribution in [0.1, 0.15) is 61.3 Å². The largest absolute Gasteiger partial charge is 0.369 e. The molecule has 0 radical (unpaired) electrons. The maximum Gasteiger partial charge on any atom is 0.253 e. The number of hydrogen-bond acceptors (Lipinski definition) is 6. The number of H-pyrrole nitrogens is 1. The highest BCUT2D eigenvalue weighted by molar-refractivity contribution is 5.82. The third-order valence-corrected chi connectivity index (χ3v) is 8.18. The minimum atomic E-state index is -0.352. The Morgan fingerprint density at radius 3 is 2.43 bits per heavy atom. The molecule has 0 aliphatic carbocycles. The number of nitrogens with zero attached hydrogens (tertiary/aromatic N) is 6. The van der Waals surface area contributed by atoms with E-state index in [1.165, 1.54) is 16.8 Å². The highest BCUT2D eigenvalue weighted by Crippen LogP contribution is 2.32. The number of aromatic amines is 1. The fourth-order valence-electron chi connectivity index (χ4n) is 5.35. The molecule has 1 aliphatic heterocycles. The van der Waals surface area contributed by atoms with Crippen molar-refractivity contribution in [3.8, 4) is 0 Å².